The highest BCUT2D eigenvalue weighted by molar-refractivity contribution is 7.84. The summed E-state index contributed by atoms with van der Waals surface area (Å²) in [4.78, 5) is 16.6. The van der Waals surface area contributed by atoms with E-state index in [1.165, 1.54) is 0 Å². The minimum Gasteiger partial charge on any atom is -0.488 e. The van der Waals surface area contributed by atoms with E-state index in [-0.39, 0.29) is 12.6 Å². The number of ether oxygens (including phenoxy) is 1. The normalized spacial score (nSPS) is 16.4. The second kappa shape index (κ2) is 7.11. The molecule has 1 fully saturated rings. The van der Waals surface area contributed by atoms with E-state index in [4.69, 9.17) is 9.84 Å². The van der Waals surface area contributed by atoms with Crippen LogP contribution in [0.1, 0.15) is 0 Å². The first-order chi connectivity index (χ1) is 11.5. The Morgan fingerprint density at radius 1 is 1.25 bits per heavy atom. The molecule has 1 atom stereocenters. The molecule has 1 aliphatic rings. The molecule has 2 heterocycles. The van der Waals surface area contributed by atoms with Gasteiger partial charge < -0.3 is 9.84 Å². The summed E-state index contributed by atoms with van der Waals surface area (Å²) in [7, 11) is -1.08. The van der Waals surface area contributed by atoms with E-state index in [9.17, 15) is 9.00 Å². The number of hydrogen-bond donors (Lipinski definition) is 1. The number of aromatic nitrogens is 1. The maximum absolute atomic E-state index is 11.4. The highest BCUT2D eigenvalue weighted by atomic mass is 32.2. The molecule has 1 unspecified atom stereocenters. The van der Waals surface area contributed by atoms with Crippen LogP contribution in [-0.4, -0.2) is 57.2 Å². The number of likely N-dealkylation sites (tertiary alicyclic amines) is 1. The largest absolute Gasteiger partial charge is 0.488 e. The molecule has 1 aromatic heterocycles. The number of pyridine rings is 1. The van der Waals surface area contributed by atoms with Crippen molar-refractivity contribution in [1.82, 2.24) is 9.88 Å². The number of rotatable bonds is 6. The summed E-state index contributed by atoms with van der Waals surface area (Å²) in [6.07, 6.45) is 3.35. The Kier molecular flexibility index (Phi) is 4.92. The number of carbonyl (C=O) groups is 1. The quantitative estimate of drug-likeness (QED) is 0.856. The molecule has 1 saturated heterocycles. The lowest BCUT2D eigenvalue weighted by molar-refractivity contribution is -0.140. The third-order valence-corrected chi connectivity index (χ3v) is 4.63. The van der Waals surface area contributed by atoms with Crippen LogP contribution < -0.4 is 4.74 Å². The zero-order valence-corrected chi connectivity index (χ0v) is 14.0. The van der Waals surface area contributed by atoms with Crippen LogP contribution in [0.3, 0.4) is 0 Å². The number of nitrogens with zero attached hydrogens (tertiary/aromatic N) is 2. The molecule has 6 nitrogen and oxygen atoms in total. The first-order valence-corrected chi connectivity index (χ1v) is 9.08. The third-order valence-electron chi connectivity index (χ3n) is 3.80. The molecule has 126 valence electrons. The second-order valence-corrected chi connectivity index (χ2v) is 7.02. The van der Waals surface area contributed by atoms with Gasteiger partial charge in [-0.25, -0.2) is 4.98 Å². The van der Waals surface area contributed by atoms with Crippen molar-refractivity contribution in [2.75, 3.05) is 25.9 Å². The van der Waals surface area contributed by atoms with Crippen LogP contribution in [0.4, 0.5) is 0 Å². The van der Waals surface area contributed by atoms with Crippen LogP contribution in [0.5, 0.6) is 5.75 Å². The van der Waals surface area contributed by atoms with Gasteiger partial charge in [0.05, 0.1) is 17.3 Å². The maximum atomic E-state index is 11.4. The highest BCUT2D eigenvalue weighted by Crippen LogP contribution is 2.24. The minimum absolute atomic E-state index is 0.0377. The van der Waals surface area contributed by atoms with Gasteiger partial charge in [0, 0.05) is 31.1 Å². The lowest BCUT2D eigenvalue weighted by Gasteiger charge is -2.37. The van der Waals surface area contributed by atoms with Crippen LogP contribution in [0.25, 0.3) is 11.1 Å². The van der Waals surface area contributed by atoms with Gasteiger partial charge in [0.2, 0.25) is 0 Å². The zero-order chi connectivity index (χ0) is 17.1. The molecular weight excluding hydrogens is 328 g/mol. The summed E-state index contributed by atoms with van der Waals surface area (Å²) in [5.41, 5.74) is 1.96. The average molecular weight is 346 g/mol. The minimum atomic E-state index is -1.08. The second-order valence-electron chi connectivity index (χ2n) is 5.69. The van der Waals surface area contributed by atoms with Crippen molar-refractivity contribution in [3.8, 4) is 16.9 Å². The molecule has 7 heteroatoms. The van der Waals surface area contributed by atoms with Crippen LogP contribution in [0, 0.1) is 0 Å². The number of benzene rings is 1. The summed E-state index contributed by atoms with van der Waals surface area (Å²) in [6.45, 7) is 1.32. The van der Waals surface area contributed by atoms with Gasteiger partial charge >= 0.3 is 5.97 Å². The van der Waals surface area contributed by atoms with E-state index >= 15 is 0 Å². The highest BCUT2D eigenvalue weighted by Gasteiger charge is 2.29. The summed E-state index contributed by atoms with van der Waals surface area (Å²) < 4.78 is 17.2. The number of aliphatic carboxylic acids is 1. The summed E-state index contributed by atoms with van der Waals surface area (Å²) in [5.74, 6) is -0.0534. The van der Waals surface area contributed by atoms with Gasteiger partial charge in [0.15, 0.2) is 0 Å². The van der Waals surface area contributed by atoms with E-state index in [1.54, 1.807) is 18.5 Å². The molecule has 0 bridgehead atoms. The Bertz CT molecular complexity index is 740. The predicted octanol–water partition coefficient (Wildman–Crippen LogP) is 1.63. The molecule has 0 aliphatic carbocycles. The van der Waals surface area contributed by atoms with Crippen LogP contribution in [0.2, 0.25) is 0 Å². The van der Waals surface area contributed by atoms with Crippen molar-refractivity contribution in [2.24, 2.45) is 0 Å². The van der Waals surface area contributed by atoms with Crippen molar-refractivity contribution >= 4 is 16.8 Å². The average Bonchev–Trinajstić information content (AvgIpc) is 2.53. The zero-order valence-electron chi connectivity index (χ0n) is 13.2. The number of carboxylic acid groups (broad SMARTS) is 1. The van der Waals surface area contributed by atoms with E-state index in [0.29, 0.717) is 18.1 Å². The van der Waals surface area contributed by atoms with Gasteiger partial charge in [-0.2, -0.15) is 0 Å². The molecule has 1 N–H and O–H groups in total. The van der Waals surface area contributed by atoms with Gasteiger partial charge in [-0.1, -0.05) is 18.2 Å². The van der Waals surface area contributed by atoms with E-state index in [2.05, 4.69) is 4.98 Å². The Labute approximate surface area is 142 Å². The SMILES string of the molecule is CS(=O)c1ccc(-c2ccc(OC3CN(CC(=O)O)C3)cc2)cn1. The molecule has 0 amide bonds. The first kappa shape index (κ1) is 16.6. The van der Waals surface area contributed by atoms with Crippen molar-refractivity contribution in [1.29, 1.82) is 0 Å². The third kappa shape index (κ3) is 3.98. The van der Waals surface area contributed by atoms with Crippen LogP contribution >= 0.6 is 0 Å². The lowest BCUT2D eigenvalue weighted by Crippen LogP contribution is -2.55. The van der Waals surface area contributed by atoms with Gasteiger partial charge in [0.1, 0.15) is 16.9 Å². The topological polar surface area (TPSA) is 79.7 Å². The Hall–Kier alpha value is -2.25. The smallest absolute Gasteiger partial charge is 0.317 e. The Morgan fingerprint density at radius 3 is 2.46 bits per heavy atom. The molecular formula is C17H18N2O4S. The first-order valence-electron chi connectivity index (χ1n) is 7.52. The standard InChI is InChI=1S/C17H18N2O4S/c1-24(22)16-7-4-13(8-18-16)12-2-5-14(6-3-12)23-15-9-19(10-15)11-17(20)21/h2-8,15H,9-11H2,1H3,(H,20,21). The predicted molar refractivity (Wildman–Crippen MR) is 90.5 cm³/mol. The van der Waals surface area contributed by atoms with Gasteiger partial charge in [-0.3, -0.25) is 13.9 Å². The fraction of sp³-hybridized carbons (Fsp3) is 0.294. The van der Waals surface area contributed by atoms with Gasteiger partial charge in [-0.15, -0.1) is 0 Å². The van der Waals surface area contributed by atoms with E-state index in [1.807, 2.05) is 35.2 Å². The monoisotopic (exact) mass is 346 g/mol. The maximum Gasteiger partial charge on any atom is 0.317 e. The molecule has 2 aromatic rings. The number of hydrogen-bond acceptors (Lipinski definition) is 5. The van der Waals surface area contributed by atoms with Crippen LogP contribution in [-0.2, 0) is 15.6 Å². The molecule has 0 spiro atoms. The molecule has 24 heavy (non-hydrogen) atoms. The van der Waals surface area contributed by atoms with Crippen molar-refractivity contribution < 1.29 is 18.8 Å². The van der Waals surface area contributed by atoms with Crippen molar-refractivity contribution in [2.45, 2.75) is 11.1 Å². The fourth-order valence-electron chi connectivity index (χ4n) is 2.56. The summed E-state index contributed by atoms with van der Waals surface area (Å²) in [5, 5.41) is 9.27. The number of carboxylic acids is 1. The molecule has 0 saturated carbocycles. The van der Waals surface area contributed by atoms with Gasteiger partial charge in [-0.05, 0) is 23.8 Å². The summed E-state index contributed by atoms with van der Waals surface area (Å²) in [6, 6.07) is 11.3. The fourth-order valence-corrected chi connectivity index (χ4v) is 3.02. The van der Waals surface area contributed by atoms with Crippen molar-refractivity contribution in [3.05, 3.63) is 42.6 Å². The lowest BCUT2D eigenvalue weighted by atomic mass is 10.1. The van der Waals surface area contributed by atoms with E-state index in [0.717, 1.165) is 16.9 Å². The van der Waals surface area contributed by atoms with E-state index < -0.39 is 16.8 Å². The van der Waals surface area contributed by atoms with Crippen LogP contribution in [0.15, 0.2) is 47.6 Å². The summed E-state index contributed by atoms with van der Waals surface area (Å²) >= 11 is 0. The molecule has 1 aliphatic heterocycles. The van der Waals surface area contributed by atoms with Gasteiger partial charge in [0.25, 0.3) is 0 Å². The Balaban J connectivity index is 1.58. The molecule has 1 aromatic carbocycles. The molecule has 0 radical (unpaired) electrons. The van der Waals surface area contributed by atoms with Crippen molar-refractivity contribution in [3.63, 3.8) is 0 Å². The Morgan fingerprint density at radius 2 is 1.92 bits per heavy atom. The molecule has 3 rings (SSSR count).